The van der Waals surface area contributed by atoms with Crippen LogP contribution < -0.4 is 35.5 Å². The number of nitrogens with zero attached hydrogens (tertiary/aromatic N) is 2. The normalized spacial score (nSPS) is 10.7. The lowest BCUT2D eigenvalue weighted by atomic mass is 10.2. The number of carbonyl (C=O) groups excluding carboxylic acids is 1. The molecule has 0 fully saturated rings. The quantitative estimate of drug-likeness (QED) is 0.290. The van der Waals surface area contributed by atoms with Crippen LogP contribution in [0.15, 0.2) is 82.6 Å². The van der Waals surface area contributed by atoms with E-state index in [1.807, 2.05) is 0 Å². The molecule has 0 saturated heterocycles. The van der Waals surface area contributed by atoms with E-state index in [1.54, 1.807) is 18.2 Å². The molecule has 0 aliphatic heterocycles. The highest BCUT2D eigenvalue weighted by atomic mass is 19.1. The maximum absolute atomic E-state index is 14.9. The van der Waals surface area contributed by atoms with Crippen LogP contribution in [0, 0.1) is 11.6 Å². The zero-order valence-electron chi connectivity index (χ0n) is 21.4. The van der Waals surface area contributed by atoms with Crippen molar-refractivity contribution in [2.24, 2.45) is 0 Å². The summed E-state index contributed by atoms with van der Waals surface area (Å²) in [7, 11) is 2.99. The SMILES string of the molecule is COc1cc2nccc(Oc3ccc(NC(=O)Oc4c[nH]c(=O)n(-c5ccc(F)cc5)c4=O)c(F)c3)c2cc1OC. The van der Waals surface area contributed by atoms with Gasteiger partial charge in [0.2, 0.25) is 5.75 Å². The van der Waals surface area contributed by atoms with Gasteiger partial charge < -0.3 is 23.9 Å². The van der Waals surface area contributed by atoms with Gasteiger partial charge in [-0.15, -0.1) is 0 Å². The third-order valence-electron chi connectivity index (χ3n) is 5.84. The number of fused-ring (bicyclic) bond motifs is 1. The Bertz CT molecular complexity index is 1890. The summed E-state index contributed by atoms with van der Waals surface area (Å²) in [5, 5.41) is 2.78. The topological polar surface area (TPSA) is 134 Å². The van der Waals surface area contributed by atoms with E-state index in [0.717, 1.165) is 24.4 Å². The molecule has 0 atom stereocenters. The van der Waals surface area contributed by atoms with Crippen LogP contribution in [0.2, 0.25) is 0 Å². The number of rotatable bonds is 7. The van der Waals surface area contributed by atoms with Gasteiger partial charge in [-0.2, -0.15) is 0 Å². The second-order valence-corrected chi connectivity index (χ2v) is 8.37. The highest BCUT2D eigenvalue weighted by molar-refractivity contribution is 5.88. The number of H-pyrrole nitrogens is 1. The Morgan fingerprint density at radius 3 is 2.34 bits per heavy atom. The lowest BCUT2D eigenvalue weighted by Gasteiger charge is -2.13. The number of halogens is 2. The molecule has 5 rings (SSSR count). The molecule has 0 aliphatic carbocycles. The van der Waals surface area contributed by atoms with Crippen molar-refractivity contribution in [1.29, 1.82) is 0 Å². The van der Waals surface area contributed by atoms with Gasteiger partial charge in [0.1, 0.15) is 17.3 Å². The Morgan fingerprint density at radius 2 is 1.63 bits per heavy atom. The number of hydrogen-bond acceptors (Lipinski definition) is 8. The van der Waals surface area contributed by atoms with Crippen molar-refractivity contribution in [3.05, 3.63) is 106 Å². The first-order chi connectivity index (χ1) is 19.8. The smallest absolute Gasteiger partial charge is 0.417 e. The predicted molar refractivity (Wildman–Crippen MR) is 144 cm³/mol. The number of ether oxygens (including phenoxy) is 4. The van der Waals surface area contributed by atoms with E-state index >= 15 is 0 Å². The Kier molecular flexibility index (Phi) is 7.33. The second-order valence-electron chi connectivity index (χ2n) is 8.37. The summed E-state index contributed by atoms with van der Waals surface area (Å²) < 4.78 is 50.3. The van der Waals surface area contributed by atoms with Crippen molar-refractivity contribution >= 4 is 22.7 Å². The first-order valence-electron chi connectivity index (χ1n) is 11.8. The first-order valence-corrected chi connectivity index (χ1v) is 11.8. The molecular formula is C28H20F2N4O7. The van der Waals surface area contributed by atoms with Crippen molar-refractivity contribution < 1.29 is 32.5 Å². The number of aromatic nitrogens is 3. The van der Waals surface area contributed by atoms with Crippen LogP contribution in [0.3, 0.4) is 0 Å². The fourth-order valence-corrected chi connectivity index (χ4v) is 3.91. The van der Waals surface area contributed by atoms with E-state index in [-0.39, 0.29) is 17.1 Å². The number of benzene rings is 3. The van der Waals surface area contributed by atoms with E-state index in [2.05, 4.69) is 15.3 Å². The van der Waals surface area contributed by atoms with Crippen LogP contribution in [-0.4, -0.2) is 34.8 Å². The highest BCUT2D eigenvalue weighted by Gasteiger charge is 2.17. The van der Waals surface area contributed by atoms with E-state index in [0.29, 0.717) is 32.7 Å². The molecule has 0 saturated carbocycles. The molecule has 41 heavy (non-hydrogen) atoms. The van der Waals surface area contributed by atoms with Crippen LogP contribution in [0.1, 0.15) is 0 Å². The molecule has 1 amide bonds. The molecule has 2 aromatic heterocycles. The minimum Gasteiger partial charge on any atom is -0.493 e. The van der Waals surface area contributed by atoms with E-state index in [1.165, 1.54) is 44.7 Å². The third kappa shape index (κ3) is 5.54. The van der Waals surface area contributed by atoms with E-state index in [4.69, 9.17) is 18.9 Å². The van der Waals surface area contributed by atoms with Crippen LogP contribution in [0.5, 0.6) is 28.7 Å². The maximum Gasteiger partial charge on any atom is 0.417 e. The average Bonchev–Trinajstić information content (AvgIpc) is 2.96. The molecule has 208 valence electrons. The van der Waals surface area contributed by atoms with Crippen LogP contribution in [-0.2, 0) is 0 Å². The summed E-state index contributed by atoms with van der Waals surface area (Å²) in [5.74, 6) is -0.565. The van der Waals surface area contributed by atoms with E-state index in [9.17, 15) is 23.2 Å². The first kappa shape index (κ1) is 26.9. The molecule has 2 N–H and O–H groups in total. The lowest BCUT2D eigenvalue weighted by molar-refractivity contribution is 0.214. The fourth-order valence-electron chi connectivity index (χ4n) is 3.91. The van der Waals surface area contributed by atoms with Crippen molar-refractivity contribution in [3.63, 3.8) is 0 Å². The van der Waals surface area contributed by atoms with E-state index < -0.39 is 34.7 Å². The number of carbonyl (C=O) groups is 1. The summed E-state index contributed by atoms with van der Waals surface area (Å²) in [6, 6.07) is 13.2. The molecule has 11 nitrogen and oxygen atoms in total. The van der Waals surface area contributed by atoms with Crippen LogP contribution >= 0.6 is 0 Å². The number of aromatic amines is 1. The minimum absolute atomic E-state index is 0.0460. The third-order valence-corrected chi connectivity index (χ3v) is 5.84. The Balaban J connectivity index is 1.33. The summed E-state index contributed by atoms with van der Waals surface area (Å²) in [6.45, 7) is 0. The van der Waals surface area contributed by atoms with Crippen molar-refractivity contribution in [1.82, 2.24) is 14.5 Å². The lowest BCUT2D eigenvalue weighted by Crippen LogP contribution is -2.35. The van der Waals surface area contributed by atoms with Gasteiger partial charge in [0, 0.05) is 23.7 Å². The molecule has 2 heterocycles. The van der Waals surface area contributed by atoms with Gasteiger partial charge in [-0.05, 0) is 48.5 Å². The van der Waals surface area contributed by atoms with Gasteiger partial charge in [-0.1, -0.05) is 0 Å². The zero-order valence-corrected chi connectivity index (χ0v) is 21.4. The van der Waals surface area contributed by atoms with Crippen molar-refractivity contribution in [3.8, 4) is 34.4 Å². The second kappa shape index (κ2) is 11.2. The molecular weight excluding hydrogens is 542 g/mol. The summed E-state index contributed by atoms with van der Waals surface area (Å²) in [5.41, 5.74) is -1.49. The van der Waals surface area contributed by atoms with Gasteiger partial charge in [0.25, 0.3) is 0 Å². The number of anilines is 1. The van der Waals surface area contributed by atoms with Crippen LogP contribution in [0.4, 0.5) is 19.3 Å². The fraction of sp³-hybridized carbons (Fsp3) is 0.0714. The molecule has 3 aromatic carbocycles. The molecule has 0 radical (unpaired) electrons. The average molecular weight is 562 g/mol. The summed E-state index contributed by atoms with van der Waals surface area (Å²) >= 11 is 0. The number of hydrogen-bond donors (Lipinski definition) is 2. The monoisotopic (exact) mass is 562 g/mol. The molecule has 13 heteroatoms. The van der Waals surface area contributed by atoms with Gasteiger partial charge in [0.15, 0.2) is 17.3 Å². The standard InChI is InChI=1S/C28H20F2N4O7/c1-38-23-12-18-21(13-24(23)39-2)31-10-9-22(18)40-17-7-8-20(19(30)11-17)33-28(37)41-25-14-32-27(36)34(26(25)35)16-5-3-15(29)4-6-16/h3-14H,1-2H3,(H,32,36)(H,33,37). The predicted octanol–water partition coefficient (Wildman–Crippen LogP) is 4.77. The Labute approximate surface area is 229 Å². The number of pyridine rings is 1. The summed E-state index contributed by atoms with van der Waals surface area (Å²) in [6.07, 6.45) is 1.21. The van der Waals surface area contributed by atoms with Gasteiger partial charge in [-0.3, -0.25) is 15.1 Å². The minimum atomic E-state index is -1.20. The molecule has 0 spiro atoms. The van der Waals surface area contributed by atoms with Crippen LogP contribution in [0.25, 0.3) is 16.6 Å². The zero-order chi connectivity index (χ0) is 29.1. The molecule has 0 aliphatic rings. The number of amides is 1. The summed E-state index contributed by atoms with van der Waals surface area (Å²) in [4.78, 5) is 43.9. The molecule has 0 bridgehead atoms. The van der Waals surface area contributed by atoms with Crippen molar-refractivity contribution in [2.45, 2.75) is 0 Å². The number of nitrogens with one attached hydrogen (secondary N) is 2. The van der Waals surface area contributed by atoms with Gasteiger partial charge in [-0.25, -0.2) is 22.9 Å². The van der Waals surface area contributed by atoms with Crippen molar-refractivity contribution in [2.75, 3.05) is 19.5 Å². The van der Waals surface area contributed by atoms with Gasteiger partial charge >= 0.3 is 17.3 Å². The highest BCUT2D eigenvalue weighted by Crippen LogP contribution is 2.37. The largest absolute Gasteiger partial charge is 0.493 e. The maximum atomic E-state index is 14.9. The Hall–Kier alpha value is -5.72. The molecule has 5 aromatic rings. The number of methoxy groups -OCH3 is 2. The Morgan fingerprint density at radius 1 is 0.902 bits per heavy atom. The molecule has 0 unspecified atom stereocenters. The van der Waals surface area contributed by atoms with Gasteiger partial charge in [0.05, 0.1) is 37.3 Å².